The number of nitrogens with two attached hydrogens (primary N) is 1. The summed E-state index contributed by atoms with van der Waals surface area (Å²) in [6, 6.07) is 0. The van der Waals surface area contributed by atoms with E-state index in [1.807, 2.05) is 5.43 Å². The van der Waals surface area contributed by atoms with Crippen LogP contribution in [0.4, 0.5) is 0 Å². The Hall–Kier alpha value is -0.910. The SMILES string of the molecule is C=CC(=O)NN.N.N. The minimum atomic E-state index is -0.366. The smallest absolute Gasteiger partial charge is 0.257 e. The maximum atomic E-state index is 9.83. The molecule has 0 saturated heterocycles. The maximum Gasteiger partial charge on any atom is 0.257 e. The van der Waals surface area contributed by atoms with Crippen molar-refractivity contribution in [1.82, 2.24) is 17.7 Å². The molecule has 0 spiro atoms. The van der Waals surface area contributed by atoms with E-state index in [9.17, 15) is 4.79 Å². The molecule has 0 aliphatic heterocycles. The molecule has 0 radical (unpaired) electrons. The fourth-order valence-corrected chi connectivity index (χ4v) is 0.0589. The standard InChI is InChI=1S/C3H6N2O.2H3N/c1-2-3(6)5-4;;/h2H,1,4H2,(H,5,6);2*1H3. The molecule has 0 rings (SSSR count). The van der Waals surface area contributed by atoms with Crippen LogP contribution in [0, 0.1) is 0 Å². The van der Waals surface area contributed by atoms with E-state index in [0.717, 1.165) is 6.08 Å². The van der Waals surface area contributed by atoms with E-state index in [1.54, 1.807) is 0 Å². The topological polar surface area (TPSA) is 125 Å². The van der Waals surface area contributed by atoms with Gasteiger partial charge in [-0.1, -0.05) is 6.58 Å². The molecule has 50 valence electrons. The van der Waals surface area contributed by atoms with E-state index in [2.05, 4.69) is 12.4 Å². The quantitative estimate of drug-likeness (QED) is 0.161. The van der Waals surface area contributed by atoms with Gasteiger partial charge in [-0.3, -0.25) is 10.2 Å². The number of carbonyl (C=O) groups excluding carboxylic acids is 1. The molecule has 1 amide bonds. The molecule has 0 aromatic heterocycles. The third-order valence-electron chi connectivity index (χ3n) is 0.328. The lowest BCUT2D eigenvalue weighted by Gasteiger charge is -1.82. The van der Waals surface area contributed by atoms with Gasteiger partial charge in [-0.25, -0.2) is 5.84 Å². The third-order valence-corrected chi connectivity index (χ3v) is 0.328. The minimum Gasteiger partial charge on any atom is -0.344 e. The molecule has 0 bridgehead atoms. The van der Waals surface area contributed by atoms with Crippen LogP contribution in [0.3, 0.4) is 0 Å². The Bertz CT molecular complexity index is 71.7. The second-order valence-corrected chi connectivity index (χ2v) is 0.713. The minimum absolute atomic E-state index is 0. The van der Waals surface area contributed by atoms with E-state index in [1.165, 1.54) is 0 Å². The molecule has 8 heavy (non-hydrogen) atoms. The van der Waals surface area contributed by atoms with Crippen LogP contribution in [-0.2, 0) is 4.79 Å². The number of carbonyl (C=O) groups is 1. The van der Waals surface area contributed by atoms with E-state index in [0.29, 0.717) is 0 Å². The largest absolute Gasteiger partial charge is 0.344 e. The Labute approximate surface area is 48.1 Å². The average molecular weight is 120 g/mol. The molecule has 0 aliphatic rings. The zero-order chi connectivity index (χ0) is 4.99. The molecule has 0 heterocycles. The molecular weight excluding hydrogens is 108 g/mol. The molecule has 0 fully saturated rings. The number of rotatable bonds is 1. The summed E-state index contributed by atoms with van der Waals surface area (Å²) in [7, 11) is 0. The van der Waals surface area contributed by atoms with Gasteiger partial charge in [-0.05, 0) is 6.08 Å². The van der Waals surface area contributed by atoms with Crippen LogP contribution < -0.4 is 23.6 Å². The molecule has 0 saturated carbocycles. The summed E-state index contributed by atoms with van der Waals surface area (Å²) in [6.07, 6.45) is 1.10. The van der Waals surface area contributed by atoms with Crippen LogP contribution in [-0.4, -0.2) is 5.91 Å². The number of hydrogen-bond acceptors (Lipinski definition) is 4. The van der Waals surface area contributed by atoms with Crippen molar-refractivity contribution < 1.29 is 4.79 Å². The zero-order valence-corrected chi connectivity index (χ0v) is 4.68. The predicted octanol–water partition coefficient (Wildman–Crippen LogP) is -0.514. The first kappa shape index (κ1) is 15.7. The van der Waals surface area contributed by atoms with Crippen LogP contribution in [0.5, 0.6) is 0 Å². The van der Waals surface area contributed by atoms with Crippen LogP contribution in [0.25, 0.3) is 0 Å². The second kappa shape index (κ2) is 9.43. The zero-order valence-electron chi connectivity index (χ0n) is 4.68. The van der Waals surface area contributed by atoms with E-state index < -0.39 is 0 Å². The Kier molecular flexibility index (Phi) is 18.5. The molecule has 0 aromatic rings. The fraction of sp³-hybridized carbons (Fsp3) is 0. The van der Waals surface area contributed by atoms with Crippen LogP contribution in [0.2, 0.25) is 0 Å². The summed E-state index contributed by atoms with van der Waals surface area (Å²) in [5.74, 6) is 4.25. The van der Waals surface area contributed by atoms with Crippen molar-refractivity contribution in [3.8, 4) is 0 Å². The highest BCUT2D eigenvalue weighted by Crippen LogP contribution is 1.54. The summed E-state index contributed by atoms with van der Waals surface area (Å²) in [4.78, 5) is 9.83. The highest BCUT2D eigenvalue weighted by Gasteiger charge is 1.79. The first-order valence-corrected chi connectivity index (χ1v) is 1.44. The Morgan fingerprint density at radius 1 is 1.62 bits per heavy atom. The molecule has 9 N–H and O–H groups in total. The van der Waals surface area contributed by atoms with Crippen LogP contribution >= 0.6 is 0 Å². The Morgan fingerprint density at radius 2 is 2.00 bits per heavy atom. The van der Waals surface area contributed by atoms with Crippen molar-refractivity contribution in [3.05, 3.63) is 12.7 Å². The summed E-state index contributed by atoms with van der Waals surface area (Å²) in [5.41, 5.74) is 1.86. The van der Waals surface area contributed by atoms with Crippen molar-refractivity contribution in [2.24, 2.45) is 5.84 Å². The molecule has 5 heteroatoms. The van der Waals surface area contributed by atoms with E-state index >= 15 is 0 Å². The number of hydrogen-bond donors (Lipinski definition) is 4. The van der Waals surface area contributed by atoms with Crippen molar-refractivity contribution in [3.63, 3.8) is 0 Å². The van der Waals surface area contributed by atoms with Crippen LogP contribution in [0.1, 0.15) is 0 Å². The van der Waals surface area contributed by atoms with Gasteiger partial charge < -0.3 is 12.3 Å². The van der Waals surface area contributed by atoms with E-state index in [4.69, 9.17) is 0 Å². The van der Waals surface area contributed by atoms with Crippen molar-refractivity contribution >= 4 is 5.91 Å². The number of hydrazine groups is 1. The summed E-state index contributed by atoms with van der Waals surface area (Å²) >= 11 is 0. The number of amides is 1. The van der Waals surface area contributed by atoms with Gasteiger partial charge in [-0.2, -0.15) is 0 Å². The summed E-state index contributed by atoms with van der Waals surface area (Å²) in [5, 5.41) is 0. The first-order chi connectivity index (χ1) is 2.81. The average Bonchev–Trinajstić information content (AvgIpc) is 1.65. The monoisotopic (exact) mass is 120 g/mol. The van der Waals surface area contributed by atoms with Crippen molar-refractivity contribution in [1.29, 1.82) is 0 Å². The number of nitrogens with one attached hydrogen (secondary N) is 1. The van der Waals surface area contributed by atoms with Gasteiger partial charge in [0.1, 0.15) is 0 Å². The third kappa shape index (κ3) is 8.92. The van der Waals surface area contributed by atoms with Gasteiger partial charge >= 0.3 is 0 Å². The molecular formula is C3H12N4O. The molecule has 5 nitrogen and oxygen atoms in total. The van der Waals surface area contributed by atoms with Crippen molar-refractivity contribution in [2.45, 2.75) is 0 Å². The highest BCUT2D eigenvalue weighted by molar-refractivity contribution is 5.86. The summed E-state index contributed by atoms with van der Waals surface area (Å²) < 4.78 is 0. The van der Waals surface area contributed by atoms with Crippen molar-refractivity contribution in [2.75, 3.05) is 0 Å². The normalized spacial score (nSPS) is 5.12. The fourth-order valence-electron chi connectivity index (χ4n) is 0.0589. The van der Waals surface area contributed by atoms with Gasteiger partial charge in [-0.15, -0.1) is 0 Å². The summed E-state index contributed by atoms with van der Waals surface area (Å²) in [6.45, 7) is 3.14. The van der Waals surface area contributed by atoms with Gasteiger partial charge in [0, 0.05) is 0 Å². The van der Waals surface area contributed by atoms with Gasteiger partial charge in [0.2, 0.25) is 0 Å². The predicted molar refractivity (Wildman–Crippen MR) is 32.6 cm³/mol. The molecule has 0 unspecified atom stereocenters. The lowest BCUT2D eigenvalue weighted by molar-refractivity contribution is -0.116. The van der Waals surface area contributed by atoms with Gasteiger partial charge in [0.25, 0.3) is 5.91 Å². The Morgan fingerprint density at radius 3 is 2.00 bits per heavy atom. The van der Waals surface area contributed by atoms with Gasteiger partial charge in [0.05, 0.1) is 0 Å². The Balaban J connectivity index is -0.000000125. The maximum absolute atomic E-state index is 9.83. The highest BCUT2D eigenvalue weighted by atomic mass is 16.2. The molecule has 0 aliphatic carbocycles. The molecule has 0 aromatic carbocycles. The second-order valence-electron chi connectivity index (χ2n) is 0.713. The molecule has 0 atom stereocenters. The lowest BCUT2D eigenvalue weighted by Crippen LogP contribution is -2.27. The first-order valence-electron chi connectivity index (χ1n) is 1.44. The van der Waals surface area contributed by atoms with Crippen LogP contribution in [0.15, 0.2) is 12.7 Å². The van der Waals surface area contributed by atoms with Gasteiger partial charge in [0.15, 0.2) is 0 Å². The lowest BCUT2D eigenvalue weighted by atomic mass is 10.6. The van der Waals surface area contributed by atoms with E-state index in [-0.39, 0.29) is 18.2 Å².